The molecular weight excluding hydrogens is 450 g/mol. The predicted octanol–water partition coefficient (Wildman–Crippen LogP) is 9.07. The summed E-state index contributed by atoms with van der Waals surface area (Å²) in [4.78, 5) is 7.34. The van der Waals surface area contributed by atoms with Crippen molar-refractivity contribution < 1.29 is 0 Å². The monoisotopic (exact) mass is 503 g/mol. The lowest BCUT2D eigenvalue weighted by Gasteiger charge is -2.58. The van der Waals surface area contributed by atoms with E-state index < -0.39 is 0 Å². The second-order valence-electron chi connectivity index (χ2n) is 14.2. The molecule has 4 aliphatic carbocycles. The van der Waals surface area contributed by atoms with Crippen molar-refractivity contribution in [1.82, 2.24) is 4.98 Å². The quantitative estimate of drug-likeness (QED) is 0.419. The van der Waals surface area contributed by atoms with Gasteiger partial charge in [-0.1, -0.05) is 46.3 Å². The van der Waals surface area contributed by atoms with Crippen LogP contribution in [0.2, 0.25) is 0 Å². The van der Waals surface area contributed by atoms with Gasteiger partial charge in [-0.3, -0.25) is 0 Å². The average molecular weight is 504 g/mol. The summed E-state index contributed by atoms with van der Waals surface area (Å²) in [5.41, 5.74) is 2.37. The highest BCUT2D eigenvalue weighted by molar-refractivity contribution is 5.52. The molecule has 0 aromatic carbocycles. The zero-order valence-electron chi connectivity index (χ0n) is 24.3. The molecule has 204 valence electrons. The SMILES string of the molecule is C=C1CCCN1c1cccc(NC(C)C2CCC3C4CCC5CC(CC)(CC)CCC5C4CCC23C)n1. The number of hydrogen-bond acceptors (Lipinski definition) is 3. The van der Waals surface area contributed by atoms with Crippen LogP contribution in [0, 0.1) is 46.3 Å². The van der Waals surface area contributed by atoms with Gasteiger partial charge in [0.25, 0.3) is 0 Å². The summed E-state index contributed by atoms with van der Waals surface area (Å²) in [7, 11) is 0. The lowest BCUT2D eigenvalue weighted by molar-refractivity contribution is -0.0821. The second-order valence-corrected chi connectivity index (χ2v) is 14.2. The summed E-state index contributed by atoms with van der Waals surface area (Å²) in [5.74, 6) is 7.89. The summed E-state index contributed by atoms with van der Waals surface area (Å²) in [6.07, 6.45) is 18.5. The van der Waals surface area contributed by atoms with E-state index in [4.69, 9.17) is 4.98 Å². The Morgan fingerprint density at radius 3 is 2.59 bits per heavy atom. The van der Waals surface area contributed by atoms with E-state index >= 15 is 0 Å². The molecule has 6 rings (SSSR count). The topological polar surface area (TPSA) is 28.2 Å². The number of anilines is 2. The zero-order valence-corrected chi connectivity index (χ0v) is 24.3. The Balaban J connectivity index is 1.14. The first-order valence-corrected chi connectivity index (χ1v) is 16.1. The van der Waals surface area contributed by atoms with Crippen LogP contribution >= 0.6 is 0 Å². The van der Waals surface area contributed by atoms with Gasteiger partial charge in [0.2, 0.25) is 0 Å². The van der Waals surface area contributed by atoms with Gasteiger partial charge in [0, 0.05) is 18.3 Å². The van der Waals surface area contributed by atoms with Crippen LogP contribution in [-0.4, -0.2) is 17.6 Å². The molecule has 5 fully saturated rings. The first-order valence-electron chi connectivity index (χ1n) is 16.1. The Labute approximate surface area is 227 Å². The maximum absolute atomic E-state index is 5.03. The second kappa shape index (κ2) is 9.91. The number of hydrogen-bond donors (Lipinski definition) is 1. The molecule has 37 heavy (non-hydrogen) atoms. The average Bonchev–Trinajstić information content (AvgIpc) is 3.51. The number of nitrogens with one attached hydrogen (secondary N) is 1. The molecule has 4 saturated carbocycles. The number of aromatic nitrogens is 1. The van der Waals surface area contributed by atoms with Gasteiger partial charge in [0.05, 0.1) is 0 Å². The fraction of sp³-hybridized carbons (Fsp3) is 0.794. The molecule has 1 aliphatic heterocycles. The Morgan fingerprint density at radius 1 is 1.03 bits per heavy atom. The zero-order chi connectivity index (χ0) is 25.8. The van der Waals surface area contributed by atoms with Gasteiger partial charge >= 0.3 is 0 Å². The minimum atomic E-state index is 0.469. The highest BCUT2D eigenvalue weighted by Gasteiger charge is 2.58. The molecule has 0 bridgehead atoms. The van der Waals surface area contributed by atoms with Crippen molar-refractivity contribution in [3.8, 4) is 0 Å². The lowest BCUT2D eigenvalue weighted by Crippen LogP contribution is -2.51. The van der Waals surface area contributed by atoms with E-state index in [0.29, 0.717) is 16.9 Å². The standard InChI is InChI=1S/C34H53N3/c1-6-34(7-2)20-18-26-25(22-34)13-14-28-27(26)17-19-33(5)29(15-16-30(28)33)24(4)35-31-11-8-12-32(36-31)37-21-9-10-23(37)3/h8,11-12,24-30H,3,6-7,9-10,13-22H2,1-2,4-5H3,(H,35,36). The molecule has 1 aromatic heterocycles. The van der Waals surface area contributed by atoms with Crippen molar-refractivity contribution in [3.05, 3.63) is 30.5 Å². The highest BCUT2D eigenvalue weighted by atomic mass is 15.2. The largest absolute Gasteiger partial charge is 0.367 e. The first-order chi connectivity index (χ1) is 17.9. The minimum Gasteiger partial charge on any atom is -0.367 e. The van der Waals surface area contributed by atoms with Gasteiger partial charge in [-0.25, -0.2) is 4.98 Å². The molecular formula is C34H53N3. The van der Waals surface area contributed by atoms with Gasteiger partial charge in [0.1, 0.15) is 11.6 Å². The molecule has 0 spiro atoms. The maximum atomic E-state index is 5.03. The Bertz CT molecular complexity index is 981. The fourth-order valence-corrected chi connectivity index (χ4v) is 10.8. The van der Waals surface area contributed by atoms with Gasteiger partial charge in [0.15, 0.2) is 0 Å². The van der Waals surface area contributed by atoms with Gasteiger partial charge in [-0.15, -0.1) is 0 Å². The number of nitrogens with zero attached hydrogens (tertiary/aromatic N) is 2. The molecule has 1 saturated heterocycles. The summed E-state index contributed by atoms with van der Waals surface area (Å²) in [6, 6.07) is 6.95. The Hall–Kier alpha value is -1.51. The molecule has 1 aromatic rings. The number of allylic oxidation sites excluding steroid dienone is 1. The third kappa shape index (κ3) is 4.35. The fourth-order valence-electron chi connectivity index (χ4n) is 10.8. The summed E-state index contributed by atoms with van der Waals surface area (Å²) >= 11 is 0. The van der Waals surface area contributed by atoms with Crippen LogP contribution in [0.4, 0.5) is 11.6 Å². The van der Waals surface area contributed by atoms with E-state index in [-0.39, 0.29) is 0 Å². The summed E-state index contributed by atoms with van der Waals surface area (Å²) < 4.78 is 0. The van der Waals surface area contributed by atoms with E-state index in [1.807, 2.05) is 0 Å². The van der Waals surface area contributed by atoms with Crippen LogP contribution in [0.1, 0.15) is 111 Å². The van der Waals surface area contributed by atoms with Crippen LogP contribution in [0.5, 0.6) is 0 Å². The van der Waals surface area contributed by atoms with Gasteiger partial charge in [-0.05, 0) is 136 Å². The van der Waals surface area contributed by atoms with Crippen LogP contribution in [-0.2, 0) is 0 Å². The molecule has 1 N–H and O–H groups in total. The van der Waals surface area contributed by atoms with Crippen molar-refractivity contribution in [3.63, 3.8) is 0 Å². The van der Waals surface area contributed by atoms with Gasteiger partial charge < -0.3 is 10.2 Å². The van der Waals surface area contributed by atoms with Crippen molar-refractivity contribution in [2.75, 3.05) is 16.8 Å². The minimum absolute atomic E-state index is 0.469. The number of rotatable bonds is 6. The van der Waals surface area contributed by atoms with Crippen molar-refractivity contribution in [2.45, 2.75) is 117 Å². The molecule has 5 aliphatic rings. The molecule has 0 amide bonds. The van der Waals surface area contributed by atoms with E-state index in [0.717, 1.165) is 60.1 Å². The van der Waals surface area contributed by atoms with E-state index in [9.17, 15) is 0 Å². The Morgan fingerprint density at radius 2 is 1.84 bits per heavy atom. The van der Waals surface area contributed by atoms with E-state index in [1.54, 1.807) is 0 Å². The summed E-state index contributed by atoms with van der Waals surface area (Å²) in [6.45, 7) is 15.4. The van der Waals surface area contributed by atoms with Gasteiger partial charge in [-0.2, -0.15) is 0 Å². The molecule has 3 heteroatoms. The number of fused-ring (bicyclic) bond motifs is 5. The van der Waals surface area contributed by atoms with Crippen molar-refractivity contribution in [1.29, 1.82) is 0 Å². The molecule has 8 unspecified atom stereocenters. The molecule has 0 radical (unpaired) electrons. The van der Waals surface area contributed by atoms with Crippen molar-refractivity contribution in [2.24, 2.45) is 46.3 Å². The molecule has 2 heterocycles. The van der Waals surface area contributed by atoms with E-state index in [2.05, 4.69) is 62.7 Å². The van der Waals surface area contributed by atoms with Crippen LogP contribution < -0.4 is 10.2 Å². The third-order valence-electron chi connectivity index (χ3n) is 13.0. The first kappa shape index (κ1) is 25.8. The highest BCUT2D eigenvalue weighted by Crippen LogP contribution is 2.66. The Kier molecular flexibility index (Phi) is 6.89. The molecule has 3 nitrogen and oxygen atoms in total. The normalized spacial score (nSPS) is 39.6. The van der Waals surface area contributed by atoms with Crippen LogP contribution in [0.15, 0.2) is 30.5 Å². The smallest absolute Gasteiger partial charge is 0.135 e. The van der Waals surface area contributed by atoms with Crippen molar-refractivity contribution >= 4 is 11.6 Å². The third-order valence-corrected chi connectivity index (χ3v) is 13.0. The lowest BCUT2D eigenvalue weighted by atomic mass is 9.47. The predicted molar refractivity (Wildman–Crippen MR) is 157 cm³/mol. The summed E-state index contributed by atoms with van der Waals surface area (Å²) in [5, 5.41) is 3.89. The van der Waals surface area contributed by atoms with Crippen LogP contribution in [0.25, 0.3) is 0 Å². The van der Waals surface area contributed by atoms with E-state index in [1.165, 1.54) is 82.7 Å². The maximum Gasteiger partial charge on any atom is 0.135 e. The molecule has 8 atom stereocenters. The number of pyridine rings is 1. The van der Waals surface area contributed by atoms with Crippen LogP contribution in [0.3, 0.4) is 0 Å².